The average molecular weight is 397 g/mol. The predicted molar refractivity (Wildman–Crippen MR) is 108 cm³/mol. The molecule has 4 rings (SSSR count). The molecule has 0 atom stereocenters. The van der Waals surface area contributed by atoms with Crippen LogP contribution >= 0.6 is 11.3 Å². The number of fused-ring (bicyclic) bond motifs is 3. The molecule has 28 heavy (non-hydrogen) atoms. The van der Waals surface area contributed by atoms with Gasteiger partial charge in [0.25, 0.3) is 0 Å². The second-order valence-corrected chi connectivity index (χ2v) is 7.72. The lowest BCUT2D eigenvalue weighted by atomic mass is 9.97. The van der Waals surface area contributed by atoms with E-state index in [9.17, 15) is 14.7 Å². The summed E-state index contributed by atoms with van der Waals surface area (Å²) in [5.41, 5.74) is 2.67. The topological polar surface area (TPSA) is 84.7 Å². The van der Waals surface area contributed by atoms with Gasteiger partial charge in [0.1, 0.15) is 16.3 Å². The number of nitrogens with zero attached hydrogens (tertiary/aromatic N) is 3. The Morgan fingerprint density at radius 1 is 1.29 bits per heavy atom. The molecule has 2 aromatic heterocycles. The molecular weight excluding hydrogens is 378 g/mol. The lowest BCUT2D eigenvalue weighted by Gasteiger charge is -2.38. The van der Waals surface area contributed by atoms with Gasteiger partial charge in [-0.05, 0) is 31.5 Å². The number of carbonyl (C=O) groups is 1. The largest absolute Gasteiger partial charge is 0.496 e. The van der Waals surface area contributed by atoms with Crippen molar-refractivity contribution < 1.29 is 14.6 Å². The summed E-state index contributed by atoms with van der Waals surface area (Å²) in [4.78, 5) is 28.2. The molecule has 3 aromatic rings. The zero-order chi connectivity index (χ0) is 20.0. The zero-order valence-corrected chi connectivity index (χ0v) is 16.5. The Kier molecular flexibility index (Phi) is 4.43. The van der Waals surface area contributed by atoms with Gasteiger partial charge in [-0.1, -0.05) is 0 Å². The molecule has 0 saturated carbocycles. The molecule has 0 fully saturated rings. The summed E-state index contributed by atoms with van der Waals surface area (Å²) in [5, 5.41) is 14.2. The maximum atomic E-state index is 12.4. The van der Waals surface area contributed by atoms with Gasteiger partial charge in [0.2, 0.25) is 0 Å². The third-order valence-corrected chi connectivity index (χ3v) is 5.64. The monoisotopic (exact) mass is 397 g/mol. The first-order valence-electron chi connectivity index (χ1n) is 8.78. The maximum Gasteiger partial charge on any atom is 0.341 e. The van der Waals surface area contributed by atoms with E-state index in [0.29, 0.717) is 18.0 Å². The Labute approximate surface area is 165 Å². The van der Waals surface area contributed by atoms with Crippen LogP contribution in [0.5, 0.6) is 5.75 Å². The Morgan fingerprint density at radius 3 is 2.68 bits per heavy atom. The molecule has 1 N–H and O–H groups in total. The first kappa shape index (κ1) is 18.2. The summed E-state index contributed by atoms with van der Waals surface area (Å²) in [6.07, 6.45) is 3.16. The SMILES string of the molecule is COc1cc2c(cc1-c1nccs1)CN(C(C)C)n1cc(C(=O)O)c(=O)cc1-2. The van der Waals surface area contributed by atoms with E-state index in [-0.39, 0.29) is 11.6 Å². The van der Waals surface area contributed by atoms with Crippen LogP contribution in [0.4, 0.5) is 0 Å². The minimum atomic E-state index is -1.23. The Bertz CT molecular complexity index is 1120. The van der Waals surface area contributed by atoms with Crippen molar-refractivity contribution in [1.82, 2.24) is 9.66 Å². The van der Waals surface area contributed by atoms with Crippen LogP contribution in [0.1, 0.15) is 29.8 Å². The van der Waals surface area contributed by atoms with Gasteiger partial charge in [-0.3, -0.25) is 9.47 Å². The quantitative estimate of drug-likeness (QED) is 0.728. The van der Waals surface area contributed by atoms with Crippen LogP contribution < -0.4 is 15.2 Å². The van der Waals surface area contributed by atoms with Crippen molar-refractivity contribution in [3.05, 3.63) is 57.3 Å². The van der Waals surface area contributed by atoms with E-state index in [4.69, 9.17) is 4.74 Å². The summed E-state index contributed by atoms with van der Waals surface area (Å²) in [6.45, 7) is 4.63. The maximum absolute atomic E-state index is 12.4. The molecule has 7 nitrogen and oxygen atoms in total. The third kappa shape index (κ3) is 2.86. The van der Waals surface area contributed by atoms with Gasteiger partial charge in [0.15, 0.2) is 5.43 Å². The lowest BCUT2D eigenvalue weighted by Crippen LogP contribution is -2.44. The van der Waals surface area contributed by atoms with Crippen LogP contribution in [-0.2, 0) is 6.54 Å². The number of methoxy groups -OCH3 is 1. The molecule has 0 amide bonds. The molecule has 0 aliphatic carbocycles. The number of ether oxygens (including phenoxy) is 1. The van der Waals surface area contributed by atoms with Crippen LogP contribution in [0.15, 0.2) is 40.8 Å². The summed E-state index contributed by atoms with van der Waals surface area (Å²) in [6, 6.07) is 5.43. The molecular formula is C20H19N3O4S. The first-order valence-corrected chi connectivity index (χ1v) is 9.66. The van der Waals surface area contributed by atoms with Crippen LogP contribution in [0.2, 0.25) is 0 Å². The van der Waals surface area contributed by atoms with Crippen molar-refractivity contribution in [2.75, 3.05) is 12.1 Å². The minimum Gasteiger partial charge on any atom is -0.496 e. The number of thiazole rings is 1. The van der Waals surface area contributed by atoms with Gasteiger partial charge < -0.3 is 14.9 Å². The molecule has 1 aliphatic rings. The van der Waals surface area contributed by atoms with E-state index in [0.717, 1.165) is 21.7 Å². The fourth-order valence-corrected chi connectivity index (χ4v) is 4.13. The highest BCUT2D eigenvalue weighted by Gasteiger charge is 2.27. The number of hydrogen-bond acceptors (Lipinski definition) is 6. The fourth-order valence-electron chi connectivity index (χ4n) is 3.47. The molecule has 1 aliphatic heterocycles. The van der Waals surface area contributed by atoms with E-state index < -0.39 is 11.4 Å². The van der Waals surface area contributed by atoms with E-state index in [1.54, 1.807) is 18.0 Å². The average Bonchev–Trinajstić information content (AvgIpc) is 3.20. The number of carboxylic acids is 1. The number of rotatable bonds is 4. The second-order valence-electron chi connectivity index (χ2n) is 6.82. The second kappa shape index (κ2) is 6.79. The number of aromatic nitrogens is 2. The molecule has 0 unspecified atom stereocenters. The van der Waals surface area contributed by atoms with Gasteiger partial charge in [0.05, 0.1) is 24.9 Å². The third-order valence-electron chi connectivity index (χ3n) is 4.83. The van der Waals surface area contributed by atoms with Crippen molar-refractivity contribution in [3.63, 3.8) is 0 Å². The van der Waals surface area contributed by atoms with Crippen molar-refractivity contribution >= 4 is 17.3 Å². The summed E-state index contributed by atoms with van der Waals surface area (Å²) in [7, 11) is 1.60. The van der Waals surface area contributed by atoms with Crippen LogP contribution in [0.3, 0.4) is 0 Å². The molecule has 0 saturated heterocycles. The number of pyridine rings is 1. The van der Waals surface area contributed by atoms with Crippen molar-refractivity contribution in [1.29, 1.82) is 0 Å². The first-order chi connectivity index (χ1) is 13.4. The summed E-state index contributed by atoms with van der Waals surface area (Å²) in [5.74, 6) is -0.570. The fraction of sp³-hybridized carbons (Fsp3) is 0.250. The molecule has 3 heterocycles. The van der Waals surface area contributed by atoms with Crippen molar-refractivity contribution in [2.24, 2.45) is 0 Å². The summed E-state index contributed by atoms with van der Waals surface area (Å²) < 4.78 is 7.35. The molecule has 1 aromatic carbocycles. The summed E-state index contributed by atoms with van der Waals surface area (Å²) >= 11 is 1.53. The van der Waals surface area contributed by atoms with Gasteiger partial charge in [-0.25, -0.2) is 9.78 Å². The number of aromatic carboxylic acids is 1. The highest BCUT2D eigenvalue weighted by Crippen LogP contribution is 2.40. The van der Waals surface area contributed by atoms with Crippen molar-refractivity contribution in [3.8, 4) is 27.6 Å². The molecule has 8 heteroatoms. The van der Waals surface area contributed by atoms with Crippen LogP contribution in [-0.4, -0.2) is 33.9 Å². The number of carboxylic acid groups (broad SMARTS) is 1. The highest BCUT2D eigenvalue weighted by atomic mass is 32.1. The standard InChI is InChI=1S/C20H19N3O4S/c1-11(2)22-9-12-6-14(19-21-4-5-28-19)18(27-3)7-13(12)16-8-17(24)15(20(25)26)10-23(16)22/h4-8,10-11H,9H2,1-3H3,(H,25,26). The number of hydrogen-bond donors (Lipinski definition) is 1. The smallest absolute Gasteiger partial charge is 0.341 e. The Morgan fingerprint density at radius 2 is 2.07 bits per heavy atom. The minimum absolute atomic E-state index is 0.0986. The van der Waals surface area contributed by atoms with E-state index in [2.05, 4.69) is 4.98 Å². The van der Waals surface area contributed by atoms with Gasteiger partial charge in [-0.15, -0.1) is 11.3 Å². The Hall–Kier alpha value is -3.13. The van der Waals surface area contributed by atoms with Crippen molar-refractivity contribution in [2.45, 2.75) is 26.4 Å². The molecule has 144 valence electrons. The molecule has 0 radical (unpaired) electrons. The molecule has 0 bridgehead atoms. The van der Waals surface area contributed by atoms with E-state index in [1.165, 1.54) is 23.6 Å². The van der Waals surface area contributed by atoms with Gasteiger partial charge in [0, 0.05) is 35.4 Å². The molecule has 0 spiro atoms. The van der Waals surface area contributed by atoms with Crippen LogP contribution in [0, 0.1) is 0 Å². The van der Waals surface area contributed by atoms with E-state index in [1.807, 2.05) is 36.4 Å². The predicted octanol–water partition coefficient (Wildman–Crippen LogP) is 3.21. The lowest BCUT2D eigenvalue weighted by molar-refractivity contribution is 0.0694. The van der Waals surface area contributed by atoms with Gasteiger partial charge >= 0.3 is 5.97 Å². The Balaban J connectivity index is 1.99. The highest BCUT2D eigenvalue weighted by molar-refractivity contribution is 7.13. The van der Waals surface area contributed by atoms with Gasteiger partial charge in [-0.2, -0.15) is 0 Å². The number of benzene rings is 1. The zero-order valence-electron chi connectivity index (χ0n) is 15.7. The van der Waals surface area contributed by atoms with Crippen LogP contribution in [0.25, 0.3) is 21.8 Å². The normalized spacial score (nSPS) is 12.6. The van der Waals surface area contributed by atoms with E-state index >= 15 is 0 Å².